The molecule has 1 aromatic carbocycles. The van der Waals surface area contributed by atoms with E-state index >= 15 is 0 Å². The van der Waals surface area contributed by atoms with Gasteiger partial charge in [-0.3, -0.25) is 4.79 Å². The zero-order valence-electron chi connectivity index (χ0n) is 8.71. The molecule has 0 atom stereocenters. The van der Waals surface area contributed by atoms with E-state index in [1.54, 1.807) is 6.07 Å². The fraction of sp³-hybridized carbons (Fsp3) is 0.250. The summed E-state index contributed by atoms with van der Waals surface area (Å²) >= 11 is 5.78. The molecule has 0 saturated carbocycles. The van der Waals surface area contributed by atoms with Crippen molar-refractivity contribution in [2.75, 3.05) is 6.61 Å². The lowest BCUT2D eigenvalue weighted by molar-refractivity contribution is 0.0834. The van der Waals surface area contributed by atoms with Gasteiger partial charge < -0.3 is 4.74 Å². The van der Waals surface area contributed by atoms with E-state index in [1.807, 2.05) is 0 Å². The first-order valence-electron chi connectivity index (χ1n) is 4.86. The molecular formula is C12H12ClFO2. The number of halogens is 2. The van der Waals surface area contributed by atoms with Gasteiger partial charge in [0.05, 0.1) is 18.4 Å². The van der Waals surface area contributed by atoms with Crippen molar-refractivity contribution in [1.82, 2.24) is 0 Å². The van der Waals surface area contributed by atoms with Crippen molar-refractivity contribution in [3.8, 4) is 0 Å². The maximum absolute atomic E-state index is 12.7. The second-order valence-electron chi connectivity index (χ2n) is 3.22. The Bertz CT molecular complexity index is 391. The highest BCUT2D eigenvalue weighted by atomic mass is 35.5. The molecule has 0 spiro atoms. The molecule has 16 heavy (non-hydrogen) atoms. The van der Waals surface area contributed by atoms with Crippen LogP contribution in [-0.4, -0.2) is 12.6 Å². The van der Waals surface area contributed by atoms with Crippen molar-refractivity contribution < 1.29 is 13.9 Å². The first-order valence-corrected chi connectivity index (χ1v) is 5.23. The third-order valence-electron chi connectivity index (χ3n) is 2.11. The van der Waals surface area contributed by atoms with Crippen molar-refractivity contribution >= 4 is 17.6 Å². The van der Waals surface area contributed by atoms with Gasteiger partial charge in [-0.15, -0.1) is 0 Å². The molecule has 0 aliphatic rings. The number of hydrogen-bond donors (Lipinski definition) is 0. The van der Waals surface area contributed by atoms with E-state index in [-0.39, 0.29) is 5.56 Å². The summed E-state index contributed by atoms with van der Waals surface area (Å²) in [5.41, 5.74) is 0.677. The second kappa shape index (κ2) is 6.28. The van der Waals surface area contributed by atoms with Gasteiger partial charge in [0, 0.05) is 5.02 Å². The van der Waals surface area contributed by atoms with Crippen molar-refractivity contribution in [3.05, 3.63) is 47.2 Å². The van der Waals surface area contributed by atoms with E-state index in [1.165, 1.54) is 18.4 Å². The lowest BCUT2D eigenvalue weighted by Crippen LogP contribution is -2.00. The normalized spacial score (nSPS) is 9.88. The first kappa shape index (κ1) is 12.7. The van der Waals surface area contributed by atoms with Crippen molar-refractivity contribution in [3.63, 3.8) is 0 Å². The molecule has 1 rings (SSSR count). The standard InChI is InChI=1S/C12H12ClFO2/c1-2-16-7-3-4-9-8-10(13)5-6-11(9)12(14)15/h2,5-6,8H,1,3-4,7H2. The largest absolute Gasteiger partial charge is 0.502 e. The summed E-state index contributed by atoms with van der Waals surface area (Å²) in [6.45, 7) is 3.89. The highest BCUT2D eigenvalue weighted by Gasteiger charge is 2.10. The molecule has 0 saturated heterocycles. The zero-order valence-corrected chi connectivity index (χ0v) is 9.47. The van der Waals surface area contributed by atoms with Gasteiger partial charge in [0.1, 0.15) is 0 Å². The topological polar surface area (TPSA) is 26.3 Å². The van der Waals surface area contributed by atoms with Gasteiger partial charge in [0.15, 0.2) is 0 Å². The summed E-state index contributed by atoms with van der Waals surface area (Å²) < 4.78 is 17.6. The van der Waals surface area contributed by atoms with Crippen molar-refractivity contribution in [2.45, 2.75) is 12.8 Å². The summed E-state index contributed by atoms with van der Waals surface area (Å²) in [6, 6.07) is 3.06. The first-order chi connectivity index (χ1) is 7.65. The number of carbonyl (C=O) groups excluding carboxylic acids is 1. The molecule has 0 radical (unpaired) electrons. The van der Waals surface area contributed by atoms with Crippen molar-refractivity contribution in [2.24, 2.45) is 0 Å². The molecule has 0 fully saturated rings. The van der Waals surface area contributed by atoms with Crippen LogP contribution < -0.4 is 0 Å². The summed E-state index contributed by atoms with van der Waals surface area (Å²) in [4.78, 5) is 10.7. The Hall–Kier alpha value is -1.35. The van der Waals surface area contributed by atoms with Crippen LogP contribution in [0.1, 0.15) is 22.3 Å². The van der Waals surface area contributed by atoms with Gasteiger partial charge in [-0.05, 0) is 36.6 Å². The average molecular weight is 243 g/mol. The summed E-state index contributed by atoms with van der Waals surface area (Å²) in [5, 5.41) is 0.490. The van der Waals surface area contributed by atoms with Crippen LogP contribution in [0.15, 0.2) is 31.0 Å². The van der Waals surface area contributed by atoms with E-state index in [4.69, 9.17) is 16.3 Å². The minimum Gasteiger partial charge on any atom is -0.502 e. The van der Waals surface area contributed by atoms with Gasteiger partial charge in [-0.25, -0.2) is 0 Å². The van der Waals surface area contributed by atoms with Crippen LogP contribution in [-0.2, 0) is 11.2 Å². The highest BCUT2D eigenvalue weighted by Crippen LogP contribution is 2.18. The molecular weight excluding hydrogens is 231 g/mol. The molecule has 1 aromatic rings. The third kappa shape index (κ3) is 3.66. The summed E-state index contributed by atoms with van der Waals surface area (Å²) in [6.07, 6.45) is 2.56. The Morgan fingerprint density at radius 1 is 1.56 bits per heavy atom. The van der Waals surface area contributed by atoms with Crippen LogP contribution in [0.3, 0.4) is 0 Å². The maximum Gasteiger partial charge on any atom is 0.332 e. The molecule has 0 amide bonds. The third-order valence-corrected chi connectivity index (χ3v) is 2.34. The Labute approximate surface area is 98.7 Å². The number of hydrogen-bond acceptors (Lipinski definition) is 2. The van der Waals surface area contributed by atoms with Gasteiger partial charge >= 0.3 is 6.04 Å². The van der Waals surface area contributed by atoms with E-state index < -0.39 is 6.04 Å². The highest BCUT2D eigenvalue weighted by molar-refractivity contribution is 6.30. The van der Waals surface area contributed by atoms with Gasteiger partial charge in [-0.2, -0.15) is 4.39 Å². The van der Waals surface area contributed by atoms with Gasteiger partial charge in [0.2, 0.25) is 0 Å². The predicted octanol–water partition coefficient (Wildman–Crippen LogP) is 3.54. The lowest BCUT2D eigenvalue weighted by Gasteiger charge is -2.06. The Balaban J connectivity index is 2.72. The quantitative estimate of drug-likeness (QED) is 0.433. The average Bonchev–Trinajstić information content (AvgIpc) is 2.24. The molecule has 0 N–H and O–H groups in total. The fourth-order valence-electron chi connectivity index (χ4n) is 1.39. The molecule has 0 heterocycles. The van der Waals surface area contributed by atoms with Crippen LogP contribution in [0.4, 0.5) is 4.39 Å². The van der Waals surface area contributed by atoms with E-state index in [9.17, 15) is 9.18 Å². The second-order valence-corrected chi connectivity index (χ2v) is 3.65. The number of carbonyl (C=O) groups is 1. The predicted molar refractivity (Wildman–Crippen MR) is 61.4 cm³/mol. The van der Waals surface area contributed by atoms with E-state index in [2.05, 4.69) is 6.58 Å². The minimum absolute atomic E-state index is 0.0722. The molecule has 86 valence electrons. The molecule has 4 heteroatoms. The lowest BCUT2D eigenvalue weighted by atomic mass is 10.0. The van der Waals surface area contributed by atoms with Crippen LogP contribution in [0.2, 0.25) is 5.02 Å². The summed E-state index contributed by atoms with van der Waals surface area (Å²) in [7, 11) is 0. The smallest absolute Gasteiger partial charge is 0.332 e. The van der Waals surface area contributed by atoms with Crippen LogP contribution in [0, 0.1) is 0 Å². The SMILES string of the molecule is C=COCCCc1cc(Cl)ccc1C(=O)F. The molecule has 0 bridgehead atoms. The molecule has 0 aliphatic carbocycles. The van der Waals surface area contributed by atoms with Crippen LogP contribution >= 0.6 is 11.6 Å². The molecule has 0 aromatic heterocycles. The minimum atomic E-state index is -1.43. The number of benzene rings is 1. The van der Waals surface area contributed by atoms with E-state index in [0.717, 1.165) is 0 Å². The fourth-order valence-corrected chi connectivity index (χ4v) is 1.58. The van der Waals surface area contributed by atoms with Crippen molar-refractivity contribution in [1.29, 1.82) is 0 Å². The van der Waals surface area contributed by atoms with Gasteiger partial charge in [-0.1, -0.05) is 18.2 Å². The molecule has 0 aliphatic heterocycles. The Kier molecular flexibility index (Phi) is 4.99. The number of rotatable bonds is 6. The van der Waals surface area contributed by atoms with Crippen LogP contribution in [0.25, 0.3) is 0 Å². The number of aryl methyl sites for hydroxylation is 1. The van der Waals surface area contributed by atoms with Crippen LogP contribution in [0.5, 0.6) is 0 Å². The van der Waals surface area contributed by atoms with Gasteiger partial charge in [0.25, 0.3) is 0 Å². The maximum atomic E-state index is 12.7. The Morgan fingerprint density at radius 2 is 2.31 bits per heavy atom. The van der Waals surface area contributed by atoms with E-state index in [0.29, 0.717) is 30.0 Å². The number of ether oxygens (including phenoxy) is 1. The molecule has 2 nitrogen and oxygen atoms in total. The zero-order chi connectivity index (χ0) is 12.0. The summed E-state index contributed by atoms with van der Waals surface area (Å²) in [5.74, 6) is 0. The monoisotopic (exact) mass is 242 g/mol. The Morgan fingerprint density at radius 3 is 2.94 bits per heavy atom. The molecule has 0 unspecified atom stereocenters.